The first-order chi connectivity index (χ1) is 12.5. The number of aryl methyl sites for hydroxylation is 1. The molecule has 0 spiro atoms. The van der Waals surface area contributed by atoms with Crippen molar-refractivity contribution in [2.75, 3.05) is 20.2 Å². The van der Waals surface area contributed by atoms with Gasteiger partial charge in [-0.15, -0.1) is 0 Å². The van der Waals surface area contributed by atoms with E-state index in [4.69, 9.17) is 9.26 Å². The number of benzene rings is 1. The molecule has 140 valence electrons. The SMILES string of the molecule is COC(c1ccccc1)C1CCN(C(=O)c2c(C)noc2C(C)C)CC1. The largest absolute Gasteiger partial charge is 0.376 e. The zero-order chi connectivity index (χ0) is 18.7. The fraction of sp³-hybridized carbons (Fsp3) is 0.524. The molecule has 5 heteroatoms. The second-order valence-electron chi connectivity index (χ2n) is 7.36. The van der Waals surface area contributed by atoms with E-state index < -0.39 is 0 Å². The topological polar surface area (TPSA) is 55.6 Å². The van der Waals surface area contributed by atoms with E-state index in [0.29, 0.717) is 22.9 Å². The van der Waals surface area contributed by atoms with Crippen molar-refractivity contribution in [2.45, 2.75) is 45.6 Å². The molecule has 2 aromatic rings. The molecule has 0 N–H and O–H groups in total. The number of nitrogens with zero attached hydrogens (tertiary/aromatic N) is 2. The van der Waals surface area contributed by atoms with Crippen LogP contribution in [0.15, 0.2) is 34.9 Å². The number of aromatic nitrogens is 1. The first-order valence-corrected chi connectivity index (χ1v) is 9.36. The molecule has 1 aliphatic rings. The summed E-state index contributed by atoms with van der Waals surface area (Å²) in [7, 11) is 1.77. The molecule has 1 saturated heterocycles. The zero-order valence-electron chi connectivity index (χ0n) is 16.1. The molecule has 1 aliphatic heterocycles. The third kappa shape index (κ3) is 3.68. The average molecular weight is 356 g/mol. The number of likely N-dealkylation sites (tertiary alicyclic amines) is 1. The Morgan fingerprint density at radius 2 is 1.88 bits per heavy atom. The Morgan fingerprint density at radius 3 is 2.46 bits per heavy atom. The van der Waals surface area contributed by atoms with E-state index in [-0.39, 0.29) is 17.9 Å². The van der Waals surface area contributed by atoms with Crippen molar-refractivity contribution >= 4 is 5.91 Å². The van der Waals surface area contributed by atoms with E-state index >= 15 is 0 Å². The van der Waals surface area contributed by atoms with Crippen molar-refractivity contribution in [2.24, 2.45) is 5.92 Å². The summed E-state index contributed by atoms with van der Waals surface area (Å²) in [5.41, 5.74) is 2.53. The van der Waals surface area contributed by atoms with E-state index in [1.165, 1.54) is 5.56 Å². The molecule has 0 radical (unpaired) electrons. The smallest absolute Gasteiger partial charge is 0.259 e. The van der Waals surface area contributed by atoms with Crippen molar-refractivity contribution in [3.05, 3.63) is 52.9 Å². The van der Waals surface area contributed by atoms with Crippen LogP contribution < -0.4 is 0 Å². The molecule has 1 unspecified atom stereocenters. The van der Waals surface area contributed by atoms with Crippen LogP contribution in [-0.4, -0.2) is 36.2 Å². The van der Waals surface area contributed by atoms with E-state index in [9.17, 15) is 4.79 Å². The van der Waals surface area contributed by atoms with Gasteiger partial charge >= 0.3 is 0 Å². The molecule has 0 saturated carbocycles. The Hall–Kier alpha value is -2.14. The van der Waals surface area contributed by atoms with Gasteiger partial charge in [-0.2, -0.15) is 0 Å². The number of ether oxygens (including phenoxy) is 1. The van der Waals surface area contributed by atoms with Crippen LogP contribution in [0.2, 0.25) is 0 Å². The number of carbonyl (C=O) groups is 1. The van der Waals surface area contributed by atoms with Crippen LogP contribution in [0.4, 0.5) is 0 Å². The predicted octanol–water partition coefficient (Wildman–Crippen LogP) is 4.35. The summed E-state index contributed by atoms with van der Waals surface area (Å²) in [6, 6.07) is 10.3. The van der Waals surface area contributed by atoms with Crippen LogP contribution in [0.3, 0.4) is 0 Å². The van der Waals surface area contributed by atoms with Crippen LogP contribution in [-0.2, 0) is 4.74 Å². The predicted molar refractivity (Wildman–Crippen MR) is 100 cm³/mol. The third-order valence-electron chi connectivity index (χ3n) is 5.26. The highest BCUT2D eigenvalue weighted by Gasteiger charge is 2.32. The number of amides is 1. The van der Waals surface area contributed by atoms with Crippen LogP contribution in [0.5, 0.6) is 0 Å². The number of carbonyl (C=O) groups excluding carboxylic acids is 1. The van der Waals surface area contributed by atoms with Gasteiger partial charge in [-0.1, -0.05) is 49.3 Å². The van der Waals surface area contributed by atoms with E-state index in [2.05, 4.69) is 17.3 Å². The molecular formula is C21H28N2O3. The summed E-state index contributed by atoms with van der Waals surface area (Å²) < 4.78 is 11.2. The maximum absolute atomic E-state index is 13.0. The highest BCUT2D eigenvalue weighted by Crippen LogP contribution is 2.34. The highest BCUT2D eigenvalue weighted by atomic mass is 16.5. The van der Waals surface area contributed by atoms with Gasteiger partial charge in [0.15, 0.2) is 5.76 Å². The molecule has 1 aromatic carbocycles. The number of piperidine rings is 1. The molecule has 0 aliphatic carbocycles. The summed E-state index contributed by atoms with van der Waals surface area (Å²) in [5, 5.41) is 4.01. The zero-order valence-corrected chi connectivity index (χ0v) is 16.1. The lowest BCUT2D eigenvalue weighted by molar-refractivity contribution is 0.0194. The lowest BCUT2D eigenvalue weighted by Crippen LogP contribution is -2.40. The third-order valence-corrected chi connectivity index (χ3v) is 5.26. The van der Waals surface area contributed by atoms with E-state index in [0.717, 1.165) is 25.9 Å². The Balaban J connectivity index is 1.69. The van der Waals surface area contributed by atoms with Gasteiger partial charge in [0.1, 0.15) is 5.56 Å². The molecule has 1 fully saturated rings. The summed E-state index contributed by atoms with van der Waals surface area (Å²) in [5.74, 6) is 1.29. The number of rotatable bonds is 5. The molecule has 2 heterocycles. The van der Waals surface area contributed by atoms with Gasteiger partial charge in [0, 0.05) is 26.1 Å². The van der Waals surface area contributed by atoms with Gasteiger partial charge < -0.3 is 14.2 Å². The summed E-state index contributed by atoms with van der Waals surface area (Å²) >= 11 is 0. The monoisotopic (exact) mass is 356 g/mol. The molecule has 0 bridgehead atoms. The summed E-state index contributed by atoms with van der Waals surface area (Å²) in [4.78, 5) is 14.9. The van der Waals surface area contributed by atoms with E-state index in [1.54, 1.807) is 7.11 Å². The maximum Gasteiger partial charge on any atom is 0.259 e. The Morgan fingerprint density at radius 1 is 1.23 bits per heavy atom. The van der Waals surface area contributed by atoms with Crippen LogP contribution in [0, 0.1) is 12.8 Å². The van der Waals surface area contributed by atoms with Gasteiger partial charge in [0.05, 0.1) is 11.8 Å². The van der Waals surface area contributed by atoms with Crippen molar-refractivity contribution in [3.63, 3.8) is 0 Å². The maximum atomic E-state index is 13.0. The lowest BCUT2D eigenvalue weighted by atomic mass is 9.87. The fourth-order valence-corrected chi connectivity index (χ4v) is 3.85. The number of methoxy groups -OCH3 is 1. The van der Waals surface area contributed by atoms with Gasteiger partial charge in [-0.25, -0.2) is 0 Å². The molecule has 3 rings (SSSR count). The second-order valence-corrected chi connectivity index (χ2v) is 7.36. The van der Waals surface area contributed by atoms with Crippen molar-refractivity contribution in [3.8, 4) is 0 Å². The number of hydrogen-bond donors (Lipinski definition) is 0. The standard InChI is InChI=1S/C21H28N2O3/c1-14(2)19-18(15(3)22-26-19)21(24)23-12-10-17(11-13-23)20(25-4)16-8-6-5-7-9-16/h5-9,14,17,20H,10-13H2,1-4H3. The molecule has 26 heavy (non-hydrogen) atoms. The van der Waals surface area contributed by atoms with Gasteiger partial charge in [0.25, 0.3) is 5.91 Å². The summed E-state index contributed by atoms with van der Waals surface area (Å²) in [6.45, 7) is 7.35. The van der Waals surface area contributed by atoms with Gasteiger partial charge in [-0.3, -0.25) is 4.79 Å². The molecule has 1 amide bonds. The number of hydrogen-bond acceptors (Lipinski definition) is 4. The Labute approximate surface area is 155 Å². The molecule has 1 atom stereocenters. The van der Waals surface area contributed by atoms with Crippen molar-refractivity contribution in [1.82, 2.24) is 10.1 Å². The Bertz CT molecular complexity index is 731. The van der Waals surface area contributed by atoms with Crippen LogP contribution in [0.1, 0.15) is 66.1 Å². The average Bonchev–Trinajstić information content (AvgIpc) is 3.05. The van der Waals surface area contributed by atoms with Gasteiger partial charge in [-0.05, 0) is 31.2 Å². The fourth-order valence-electron chi connectivity index (χ4n) is 3.85. The minimum Gasteiger partial charge on any atom is -0.376 e. The molecular weight excluding hydrogens is 328 g/mol. The lowest BCUT2D eigenvalue weighted by Gasteiger charge is -2.35. The highest BCUT2D eigenvalue weighted by molar-refractivity contribution is 5.96. The summed E-state index contributed by atoms with van der Waals surface area (Å²) in [6.07, 6.45) is 1.94. The second kappa shape index (κ2) is 8.04. The molecule has 1 aromatic heterocycles. The Kier molecular flexibility index (Phi) is 5.77. The van der Waals surface area contributed by atoms with Crippen molar-refractivity contribution in [1.29, 1.82) is 0 Å². The van der Waals surface area contributed by atoms with Gasteiger partial charge in [0.2, 0.25) is 0 Å². The van der Waals surface area contributed by atoms with Crippen LogP contribution in [0.25, 0.3) is 0 Å². The quantitative estimate of drug-likeness (QED) is 0.799. The minimum absolute atomic E-state index is 0.0413. The van der Waals surface area contributed by atoms with E-state index in [1.807, 2.05) is 43.9 Å². The first kappa shape index (κ1) is 18.6. The first-order valence-electron chi connectivity index (χ1n) is 9.36. The normalized spacial score (nSPS) is 16.9. The molecule has 5 nitrogen and oxygen atoms in total. The van der Waals surface area contributed by atoms with Crippen molar-refractivity contribution < 1.29 is 14.1 Å². The van der Waals surface area contributed by atoms with Crippen LogP contribution >= 0.6 is 0 Å². The minimum atomic E-state index is 0.0413.